The van der Waals surface area contributed by atoms with Crippen molar-refractivity contribution < 1.29 is 27.1 Å². The van der Waals surface area contributed by atoms with Crippen molar-refractivity contribution in [3.8, 4) is 23.1 Å². The van der Waals surface area contributed by atoms with Crippen molar-refractivity contribution in [3.05, 3.63) is 89.7 Å². The normalized spacial score (nSPS) is 11.5. The van der Waals surface area contributed by atoms with Gasteiger partial charge in [0.05, 0.1) is 17.9 Å². The van der Waals surface area contributed by atoms with E-state index in [2.05, 4.69) is 15.4 Å². The Morgan fingerprint density at radius 1 is 1.03 bits per heavy atom. The van der Waals surface area contributed by atoms with E-state index in [0.29, 0.717) is 18.0 Å². The molecular formula is C26H22F4N4O2. The van der Waals surface area contributed by atoms with Crippen LogP contribution in [-0.2, 0) is 6.18 Å². The van der Waals surface area contributed by atoms with Crippen molar-refractivity contribution in [2.45, 2.75) is 20.0 Å². The number of nitrogens with one attached hydrogen (secondary N) is 1. The minimum atomic E-state index is -4.51. The Morgan fingerprint density at radius 2 is 1.72 bits per heavy atom. The zero-order valence-corrected chi connectivity index (χ0v) is 19.4. The monoisotopic (exact) mass is 498 g/mol. The second kappa shape index (κ2) is 10.2. The van der Waals surface area contributed by atoms with Gasteiger partial charge in [-0.2, -0.15) is 18.2 Å². The van der Waals surface area contributed by atoms with E-state index in [1.54, 1.807) is 24.3 Å². The van der Waals surface area contributed by atoms with E-state index < -0.39 is 23.5 Å². The molecule has 0 radical (unpaired) electrons. The van der Waals surface area contributed by atoms with E-state index in [-0.39, 0.29) is 28.9 Å². The highest BCUT2D eigenvalue weighted by molar-refractivity contribution is 6.04. The fourth-order valence-corrected chi connectivity index (χ4v) is 3.29. The molecule has 0 bridgehead atoms. The Morgan fingerprint density at radius 3 is 2.36 bits per heavy atom. The number of carbonyl (C=O) groups excluding carboxylic acids is 1. The van der Waals surface area contributed by atoms with Gasteiger partial charge in [0.2, 0.25) is 0 Å². The van der Waals surface area contributed by atoms with Crippen LogP contribution in [0.5, 0.6) is 6.01 Å². The van der Waals surface area contributed by atoms with Crippen molar-refractivity contribution >= 4 is 11.6 Å². The average Bonchev–Trinajstić information content (AvgIpc) is 3.27. The predicted molar refractivity (Wildman–Crippen MR) is 126 cm³/mol. The van der Waals surface area contributed by atoms with Crippen LogP contribution in [0.15, 0.2) is 72.8 Å². The van der Waals surface area contributed by atoms with Gasteiger partial charge in [-0.15, -0.1) is 5.10 Å². The van der Waals surface area contributed by atoms with E-state index in [0.717, 1.165) is 12.1 Å². The maximum atomic E-state index is 13.3. The summed E-state index contributed by atoms with van der Waals surface area (Å²) >= 11 is 0. The van der Waals surface area contributed by atoms with Crippen LogP contribution in [0.4, 0.5) is 23.2 Å². The zero-order chi connectivity index (χ0) is 25.9. The molecule has 4 aromatic rings. The van der Waals surface area contributed by atoms with Crippen LogP contribution < -0.4 is 10.1 Å². The van der Waals surface area contributed by atoms with Crippen molar-refractivity contribution in [3.63, 3.8) is 0 Å². The largest absolute Gasteiger partial charge is 0.462 e. The fourth-order valence-electron chi connectivity index (χ4n) is 3.29. The molecule has 0 saturated carbocycles. The van der Waals surface area contributed by atoms with Crippen molar-refractivity contribution in [2.24, 2.45) is 5.92 Å². The molecule has 0 aliphatic carbocycles. The molecule has 0 saturated heterocycles. The van der Waals surface area contributed by atoms with Gasteiger partial charge < -0.3 is 10.1 Å². The van der Waals surface area contributed by atoms with Crippen LogP contribution in [0.1, 0.15) is 29.8 Å². The Labute approximate surface area is 204 Å². The maximum absolute atomic E-state index is 13.3. The Bertz CT molecular complexity index is 1350. The Kier molecular flexibility index (Phi) is 7.05. The van der Waals surface area contributed by atoms with Crippen molar-refractivity contribution in [1.82, 2.24) is 14.8 Å². The quantitative estimate of drug-likeness (QED) is 0.300. The number of ether oxygens (including phenoxy) is 1. The van der Waals surface area contributed by atoms with Crippen LogP contribution in [0.25, 0.3) is 17.1 Å². The molecule has 0 aliphatic rings. The second-order valence-corrected chi connectivity index (χ2v) is 8.42. The summed E-state index contributed by atoms with van der Waals surface area (Å²) in [5.41, 5.74) is 0.651. The standard InChI is InChI=1S/C26H22F4N4O2/c1-16(2)15-36-25-32-23(18-4-3-5-19(14-18)26(28,29)30)34(33-25)22-12-10-21(11-13-22)31-24(35)17-6-8-20(27)9-7-17/h3-14,16H,15H2,1-2H3,(H,31,35). The molecule has 36 heavy (non-hydrogen) atoms. The zero-order valence-electron chi connectivity index (χ0n) is 19.4. The van der Waals surface area contributed by atoms with E-state index in [9.17, 15) is 22.4 Å². The summed E-state index contributed by atoms with van der Waals surface area (Å²) in [6, 6.07) is 16.5. The average molecular weight is 498 g/mol. The van der Waals surface area contributed by atoms with Gasteiger partial charge >= 0.3 is 12.2 Å². The van der Waals surface area contributed by atoms with Gasteiger partial charge in [0, 0.05) is 16.8 Å². The lowest BCUT2D eigenvalue weighted by Gasteiger charge is -2.10. The van der Waals surface area contributed by atoms with Crippen LogP contribution in [-0.4, -0.2) is 27.3 Å². The van der Waals surface area contributed by atoms with E-state index in [1.807, 2.05) is 13.8 Å². The third kappa shape index (κ3) is 5.88. The number of anilines is 1. The summed E-state index contributed by atoms with van der Waals surface area (Å²) in [5, 5.41) is 7.05. The van der Waals surface area contributed by atoms with Crippen LogP contribution in [0, 0.1) is 11.7 Å². The van der Waals surface area contributed by atoms with Gasteiger partial charge in [-0.1, -0.05) is 26.0 Å². The number of rotatable bonds is 7. The number of hydrogen-bond donors (Lipinski definition) is 1. The molecule has 0 spiro atoms. The first-order valence-electron chi connectivity index (χ1n) is 11.0. The van der Waals surface area contributed by atoms with Crippen LogP contribution in [0.3, 0.4) is 0 Å². The highest BCUT2D eigenvalue weighted by Gasteiger charge is 2.31. The van der Waals surface area contributed by atoms with Crippen molar-refractivity contribution in [1.29, 1.82) is 0 Å². The first kappa shape index (κ1) is 24.9. The SMILES string of the molecule is CC(C)COc1nc(-c2cccc(C(F)(F)F)c2)n(-c2ccc(NC(=O)c3ccc(F)cc3)cc2)n1. The molecule has 1 heterocycles. The number of carbonyl (C=O) groups is 1. The number of nitrogens with zero attached hydrogens (tertiary/aromatic N) is 3. The van der Waals surface area contributed by atoms with Gasteiger partial charge in [0.1, 0.15) is 5.82 Å². The summed E-state index contributed by atoms with van der Waals surface area (Å²) in [5.74, 6) is -0.504. The van der Waals surface area contributed by atoms with E-state index in [1.165, 1.54) is 41.1 Å². The summed E-state index contributed by atoms with van der Waals surface area (Å²) in [7, 11) is 0. The van der Waals surface area contributed by atoms with Gasteiger partial charge in [0.15, 0.2) is 5.82 Å². The minimum Gasteiger partial charge on any atom is -0.462 e. The number of amides is 1. The summed E-state index contributed by atoms with van der Waals surface area (Å²) in [6.07, 6.45) is -4.51. The smallest absolute Gasteiger partial charge is 0.416 e. The molecule has 0 atom stereocenters. The van der Waals surface area contributed by atoms with E-state index >= 15 is 0 Å². The summed E-state index contributed by atoms with van der Waals surface area (Å²) in [4.78, 5) is 16.7. The second-order valence-electron chi connectivity index (χ2n) is 8.42. The maximum Gasteiger partial charge on any atom is 0.416 e. The van der Waals surface area contributed by atoms with Crippen LogP contribution >= 0.6 is 0 Å². The molecule has 6 nitrogen and oxygen atoms in total. The third-order valence-corrected chi connectivity index (χ3v) is 5.06. The lowest BCUT2D eigenvalue weighted by atomic mass is 10.1. The molecule has 1 amide bonds. The predicted octanol–water partition coefficient (Wildman–Crippen LogP) is 6.38. The highest BCUT2D eigenvalue weighted by Crippen LogP contribution is 2.33. The summed E-state index contributed by atoms with van der Waals surface area (Å²) in [6.45, 7) is 4.23. The molecule has 0 aliphatic heterocycles. The number of benzene rings is 3. The molecule has 1 aromatic heterocycles. The number of alkyl halides is 3. The first-order valence-corrected chi connectivity index (χ1v) is 11.0. The van der Waals surface area contributed by atoms with E-state index in [4.69, 9.17) is 4.74 Å². The van der Waals surface area contributed by atoms with Gasteiger partial charge in [-0.25, -0.2) is 9.07 Å². The molecule has 186 valence electrons. The van der Waals surface area contributed by atoms with Gasteiger partial charge in [-0.3, -0.25) is 4.79 Å². The molecular weight excluding hydrogens is 476 g/mol. The lowest BCUT2D eigenvalue weighted by molar-refractivity contribution is -0.137. The number of halogens is 4. The van der Waals surface area contributed by atoms with Gasteiger partial charge in [0.25, 0.3) is 5.91 Å². The fraction of sp³-hybridized carbons (Fsp3) is 0.192. The molecule has 1 N–H and O–H groups in total. The highest BCUT2D eigenvalue weighted by atomic mass is 19.4. The molecule has 3 aromatic carbocycles. The molecule has 4 rings (SSSR count). The lowest BCUT2D eigenvalue weighted by Crippen LogP contribution is -2.12. The van der Waals surface area contributed by atoms with Gasteiger partial charge in [-0.05, 0) is 66.6 Å². The number of aromatic nitrogens is 3. The minimum absolute atomic E-state index is 0.0322. The topological polar surface area (TPSA) is 69.0 Å². The molecule has 0 fully saturated rings. The number of hydrogen-bond acceptors (Lipinski definition) is 4. The Balaban J connectivity index is 1.64. The third-order valence-electron chi connectivity index (χ3n) is 5.06. The van der Waals surface area contributed by atoms with Crippen molar-refractivity contribution in [2.75, 3.05) is 11.9 Å². The van der Waals surface area contributed by atoms with Crippen LogP contribution in [0.2, 0.25) is 0 Å². The summed E-state index contributed by atoms with van der Waals surface area (Å²) < 4.78 is 60.0. The Hall–Kier alpha value is -4.21. The molecule has 0 unspecified atom stereocenters. The first-order chi connectivity index (χ1) is 17.1. The molecule has 10 heteroatoms.